The van der Waals surface area contributed by atoms with E-state index in [1.165, 1.54) is 5.56 Å². The van der Waals surface area contributed by atoms with Gasteiger partial charge in [0.25, 0.3) is 0 Å². The molecule has 1 aromatic carbocycles. The molecule has 1 fully saturated rings. The molecule has 1 saturated heterocycles. The molecule has 2 unspecified atom stereocenters. The van der Waals surface area contributed by atoms with Crippen molar-refractivity contribution in [1.29, 1.82) is 0 Å². The number of aromatic nitrogens is 1. The van der Waals surface area contributed by atoms with Crippen LogP contribution < -0.4 is 15.4 Å². The number of nitrogens with zero attached hydrogens (tertiary/aromatic N) is 3. The molecule has 6 nitrogen and oxygen atoms in total. The predicted octanol–water partition coefficient (Wildman–Crippen LogP) is 2.68. The zero-order chi connectivity index (χ0) is 19.6. The molecule has 0 aliphatic carbocycles. The van der Waals surface area contributed by atoms with E-state index in [1.807, 2.05) is 12.1 Å². The number of ether oxygens (including phenoxy) is 1. The molecule has 28 heavy (non-hydrogen) atoms. The van der Waals surface area contributed by atoms with Crippen molar-refractivity contribution >= 4 is 5.96 Å². The fourth-order valence-electron chi connectivity index (χ4n) is 3.51. The summed E-state index contributed by atoms with van der Waals surface area (Å²) in [5.74, 6) is 1.63. The van der Waals surface area contributed by atoms with Crippen molar-refractivity contribution in [1.82, 2.24) is 20.5 Å². The lowest BCUT2D eigenvalue weighted by atomic mass is 10.2. The van der Waals surface area contributed by atoms with Gasteiger partial charge in [-0.25, -0.2) is 4.99 Å². The standard InChI is InChI=1S/C22H31N5O/c1-3-24-22(25-12-13-28-21-10-7-11-23-15-21)26-20-14-18(2)27(17-20)16-19-8-5-4-6-9-19/h4-11,15,18,20H,3,12-14,16-17H2,1-2H3,(H2,24,25,26). The van der Waals surface area contributed by atoms with Crippen molar-refractivity contribution in [3.05, 3.63) is 60.4 Å². The molecule has 1 aliphatic rings. The van der Waals surface area contributed by atoms with E-state index in [4.69, 9.17) is 4.74 Å². The maximum absolute atomic E-state index is 5.67. The third-order valence-electron chi connectivity index (χ3n) is 4.88. The first-order valence-corrected chi connectivity index (χ1v) is 10.1. The molecule has 3 rings (SSSR count). The van der Waals surface area contributed by atoms with Gasteiger partial charge in [0.05, 0.1) is 12.7 Å². The lowest BCUT2D eigenvalue weighted by molar-refractivity contribution is 0.258. The van der Waals surface area contributed by atoms with E-state index in [2.05, 4.69) is 69.7 Å². The van der Waals surface area contributed by atoms with Crippen molar-refractivity contribution < 1.29 is 4.74 Å². The van der Waals surface area contributed by atoms with Crippen molar-refractivity contribution in [3.8, 4) is 5.75 Å². The largest absolute Gasteiger partial charge is 0.490 e. The molecule has 2 N–H and O–H groups in total. The number of hydrogen-bond donors (Lipinski definition) is 2. The van der Waals surface area contributed by atoms with Crippen LogP contribution >= 0.6 is 0 Å². The molecule has 0 bridgehead atoms. The SMILES string of the molecule is CCNC(=NCCOc1cccnc1)NC1CC(C)N(Cc2ccccc2)C1. The van der Waals surface area contributed by atoms with Crippen LogP contribution in [-0.2, 0) is 6.54 Å². The normalized spacial score (nSPS) is 20.1. The van der Waals surface area contributed by atoms with Crippen molar-refractivity contribution in [2.24, 2.45) is 4.99 Å². The highest BCUT2D eigenvalue weighted by atomic mass is 16.5. The molecular formula is C22H31N5O. The van der Waals surface area contributed by atoms with E-state index in [-0.39, 0.29) is 0 Å². The minimum Gasteiger partial charge on any atom is -0.490 e. The van der Waals surface area contributed by atoms with Gasteiger partial charge in [0.15, 0.2) is 5.96 Å². The molecule has 1 aromatic heterocycles. The topological polar surface area (TPSA) is 61.8 Å². The number of guanidine groups is 1. The molecule has 2 aromatic rings. The fourth-order valence-corrected chi connectivity index (χ4v) is 3.51. The summed E-state index contributed by atoms with van der Waals surface area (Å²) in [5.41, 5.74) is 1.36. The van der Waals surface area contributed by atoms with Gasteiger partial charge in [0, 0.05) is 37.9 Å². The van der Waals surface area contributed by atoms with Crippen LogP contribution in [0.2, 0.25) is 0 Å². The Morgan fingerprint density at radius 2 is 2.11 bits per heavy atom. The highest BCUT2D eigenvalue weighted by Gasteiger charge is 2.29. The van der Waals surface area contributed by atoms with E-state index in [9.17, 15) is 0 Å². The lowest BCUT2D eigenvalue weighted by Crippen LogP contribution is -2.44. The first-order chi connectivity index (χ1) is 13.7. The molecule has 1 aliphatic heterocycles. The summed E-state index contributed by atoms with van der Waals surface area (Å²) < 4.78 is 5.67. The Kier molecular flexibility index (Phi) is 7.67. The van der Waals surface area contributed by atoms with Gasteiger partial charge < -0.3 is 15.4 Å². The first-order valence-electron chi connectivity index (χ1n) is 10.1. The van der Waals surface area contributed by atoms with Crippen LogP contribution in [0.4, 0.5) is 0 Å². The third kappa shape index (κ3) is 6.23. The van der Waals surface area contributed by atoms with E-state index in [1.54, 1.807) is 12.4 Å². The Morgan fingerprint density at radius 3 is 2.86 bits per heavy atom. The van der Waals surface area contributed by atoms with Gasteiger partial charge in [-0.1, -0.05) is 30.3 Å². The molecule has 0 radical (unpaired) electrons. The van der Waals surface area contributed by atoms with Gasteiger partial charge in [-0.15, -0.1) is 0 Å². The molecule has 0 amide bonds. The second-order valence-corrected chi connectivity index (χ2v) is 7.14. The molecule has 2 heterocycles. The Morgan fingerprint density at radius 1 is 1.25 bits per heavy atom. The molecule has 0 saturated carbocycles. The summed E-state index contributed by atoms with van der Waals surface area (Å²) in [6.07, 6.45) is 4.57. The van der Waals surface area contributed by atoms with Gasteiger partial charge in [-0.05, 0) is 38.0 Å². The van der Waals surface area contributed by atoms with E-state index < -0.39 is 0 Å². The van der Waals surface area contributed by atoms with Crippen LogP contribution in [0.25, 0.3) is 0 Å². The molecular weight excluding hydrogens is 350 g/mol. The zero-order valence-electron chi connectivity index (χ0n) is 16.8. The van der Waals surface area contributed by atoms with Gasteiger partial charge in [-0.2, -0.15) is 0 Å². The average molecular weight is 382 g/mol. The lowest BCUT2D eigenvalue weighted by Gasteiger charge is -2.21. The fraction of sp³-hybridized carbons (Fsp3) is 0.455. The van der Waals surface area contributed by atoms with Crippen molar-refractivity contribution in [3.63, 3.8) is 0 Å². The van der Waals surface area contributed by atoms with Crippen LogP contribution in [0.5, 0.6) is 5.75 Å². The Bertz CT molecular complexity index is 722. The monoisotopic (exact) mass is 381 g/mol. The van der Waals surface area contributed by atoms with Gasteiger partial charge in [-0.3, -0.25) is 9.88 Å². The van der Waals surface area contributed by atoms with Crippen molar-refractivity contribution in [2.75, 3.05) is 26.2 Å². The number of benzene rings is 1. The highest BCUT2D eigenvalue weighted by Crippen LogP contribution is 2.20. The molecule has 150 valence electrons. The van der Waals surface area contributed by atoms with Gasteiger partial charge >= 0.3 is 0 Å². The maximum Gasteiger partial charge on any atom is 0.191 e. The van der Waals surface area contributed by atoms with Crippen LogP contribution in [-0.4, -0.2) is 54.2 Å². The minimum atomic E-state index is 0.399. The summed E-state index contributed by atoms with van der Waals surface area (Å²) in [4.78, 5) is 11.2. The van der Waals surface area contributed by atoms with Gasteiger partial charge in [0.2, 0.25) is 0 Å². The summed E-state index contributed by atoms with van der Waals surface area (Å²) in [5, 5.41) is 6.93. The summed E-state index contributed by atoms with van der Waals surface area (Å²) in [7, 11) is 0. The number of nitrogens with one attached hydrogen (secondary N) is 2. The Labute approximate surface area is 168 Å². The van der Waals surface area contributed by atoms with Crippen molar-refractivity contribution in [2.45, 2.75) is 38.9 Å². The number of hydrogen-bond acceptors (Lipinski definition) is 4. The van der Waals surface area contributed by atoms with Crippen LogP contribution in [0.15, 0.2) is 59.9 Å². The minimum absolute atomic E-state index is 0.399. The van der Waals surface area contributed by atoms with E-state index in [0.717, 1.165) is 37.8 Å². The first kappa shape index (κ1) is 20.1. The maximum atomic E-state index is 5.67. The summed E-state index contributed by atoms with van der Waals surface area (Å²) >= 11 is 0. The zero-order valence-corrected chi connectivity index (χ0v) is 16.8. The second kappa shape index (κ2) is 10.7. The molecule has 6 heteroatoms. The second-order valence-electron chi connectivity index (χ2n) is 7.14. The third-order valence-corrected chi connectivity index (χ3v) is 4.88. The molecule has 0 spiro atoms. The summed E-state index contributed by atoms with van der Waals surface area (Å²) in [6, 6.07) is 15.4. The average Bonchev–Trinajstić information content (AvgIpc) is 3.05. The number of aliphatic imine (C=N–C) groups is 1. The highest BCUT2D eigenvalue weighted by molar-refractivity contribution is 5.80. The predicted molar refractivity (Wildman–Crippen MR) is 114 cm³/mol. The van der Waals surface area contributed by atoms with E-state index in [0.29, 0.717) is 25.2 Å². The van der Waals surface area contributed by atoms with Crippen LogP contribution in [0.1, 0.15) is 25.8 Å². The molecule has 2 atom stereocenters. The number of likely N-dealkylation sites (tertiary alicyclic amines) is 1. The Balaban J connectivity index is 1.48. The number of rotatable bonds is 8. The smallest absolute Gasteiger partial charge is 0.191 e. The quantitative estimate of drug-likeness (QED) is 0.418. The Hall–Kier alpha value is -2.60. The van der Waals surface area contributed by atoms with Gasteiger partial charge in [0.1, 0.15) is 12.4 Å². The van der Waals surface area contributed by atoms with Crippen LogP contribution in [0.3, 0.4) is 0 Å². The summed E-state index contributed by atoms with van der Waals surface area (Å²) in [6.45, 7) is 8.37. The van der Waals surface area contributed by atoms with E-state index >= 15 is 0 Å². The van der Waals surface area contributed by atoms with Crippen LogP contribution in [0, 0.1) is 0 Å². The number of pyridine rings is 1.